The maximum atomic E-state index is 9.01. The largest absolute Gasteiger partial charge is 0.495 e. The molecule has 1 aliphatic heterocycles. The van der Waals surface area contributed by atoms with Gasteiger partial charge < -0.3 is 10.1 Å². The van der Waals surface area contributed by atoms with E-state index in [-0.39, 0.29) is 0 Å². The van der Waals surface area contributed by atoms with Crippen molar-refractivity contribution in [3.8, 4) is 11.8 Å². The van der Waals surface area contributed by atoms with Crippen LogP contribution in [0.4, 0.5) is 0 Å². The molecule has 1 aromatic rings. The summed E-state index contributed by atoms with van der Waals surface area (Å²) in [4.78, 5) is 2.49. The van der Waals surface area contributed by atoms with Crippen LogP contribution in [0.1, 0.15) is 24.0 Å². The number of rotatable bonds is 5. The molecule has 1 aromatic carbocycles. The Bertz CT molecular complexity index is 479. The Labute approximate surface area is 121 Å². The van der Waals surface area contributed by atoms with Gasteiger partial charge >= 0.3 is 0 Å². The summed E-state index contributed by atoms with van der Waals surface area (Å²) in [6.07, 6.45) is 2.58. The fourth-order valence-electron chi connectivity index (χ4n) is 2.93. The number of ether oxygens (including phenoxy) is 1. The molecule has 0 saturated carbocycles. The van der Waals surface area contributed by atoms with E-state index in [1.807, 2.05) is 25.2 Å². The van der Waals surface area contributed by atoms with Gasteiger partial charge in [-0.15, -0.1) is 0 Å². The maximum absolute atomic E-state index is 9.01. The molecule has 20 heavy (non-hydrogen) atoms. The van der Waals surface area contributed by atoms with Gasteiger partial charge in [0.2, 0.25) is 0 Å². The van der Waals surface area contributed by atoms with Gasteiger partial charge in [0.05, 0.1) is 12.7 Å². The maximum Gasteiger partial charge on any atom is 0.136 e. The van der Waals surface area contributed by atoms with Crippen LogP contribution in [0.3, 0.4) is 0 Å². The minimum atomic E-state index is 0.600. The topological polar surface area (TPSA) is 48.3 Å². The van der Waals surface area contributed by atoms with E-state index in [1.165, 1.54) is 18.4 Å². The molecule has 0 spiro atoms. The number of nitrogens with zero attached hydrogens (tertiary/aromatic N) is 2. The number of nitrogens with one attached hydrogen (secondary N) is 1. The summed E-state index contributed by atoms with van der Waals surface area (Å²) in [5.74, 6) is 1.42. The fourth-order valence-corrected chi connectivity index (χ4v) is 2.93. The molecule has 0 amide bonds. The standard InChI is InChI=1S/C16H23N3O/c1-18-10-14-4-3-7-19(12-14)11-13-5-6-15(9-17)16(8-13)20-2/h5-6,8,14,18H,3-4,7,10-12H2,1-2H3. The lowest BCUT2D eigenvalue weighted by atomic mass is 9.97. The van der Waals surface area contributed by atoms with Crippen molar-refractivity contribution >= 4 is 0 Å². The highest BCUT2D eigenvalue weighted by Gasteiger charge is 2.19. The zero-order valence-electron chi connectivity index (χ0n) is 12.4. The zero-order valence-corrected chi connectivity index (χ0v) is 12.4. The molecule has 2 rings (SSSR count). The van der Waals surface area contributed by atoms with Crippen LogP contribution < -0.4 is 10.1 Å². The highest BCUT2D eigenvalue weighted by molar-refractivity contribution is 5.45. The lowest BCUT2D eigenvalue weighted by Crippen LogP contribution is -2.38. The van der Waals surface area contributed by atoms with Crippen LogP contribution in [-0.4, -0.2) is 38.7 Å². The van der Waals surface area contributed by atoms with Crippen LogP contribution in [0.15, 0.2) is 18.2 Å². The Kier molecular flexibility index (Phi) is 5.40. The number of methoxy groups -OCH3 is 1. The molecule has 1 atom stereocenters. The van der Waals surface area contributed by atoms with Gasteiger partial charge in [-0.25, -0.2) is 0 Å². The van der Waals surface area contributed by atoms with Crippen LogP contribution in [0.5, 0.6) is 5.75 Å². The van der Waals surface area contributed by atoms with Gasteiger partial charge in [0.25, 0.3) is 0 Å². The van der Waals surface area contributed by atoms with Gasteiger partial charge in [-0.2, -0.15) is 5.26 Å². The van der Waals surface area contributed by atoms with Gasteiger partial charge in [0, 0.05) is 13.1 Å². The molecule has 4 nitrogen and oxygen atoms in total. The average molecular weight is 273 g/mol. The highest BCUT2D eigenvalue weighted by atomic mass is 16.5. The molecular formula is C16H23N3O. The second kappa shape index (κ2) is 7.28. The van der Waals surface area contributed by atoms with E-state index < -0.39 is 0 Å². The first-order chi connectivity index (χ1) is 9.76. The highest BCUT2D eigenvalue weighted by Crippen LogP contribution is 2.22. The number of hydrogen-bond acceptors (Lipinski definition) is 4. The van der Waals surface area contributed by atoms with Gasteiger partial charge in [-0.05, 0) is 56.6 Å². The van der Waals surface area contributed by atoms with Crippen LogP contribution in [0.2, 0.25) is 0 Å². The zero-order chi connectivity index (χ0) is 14.4. The van der Waals surface area contributed by atoms with Crippen molar-refractivity contribution in [2.45, 2.75) is 19.4 Å². The van der Waals surface area contributed by atoms with Crippen LogP contribution in [-0.2, 0) is 6.54 Å². The number of likely N-dealkylation sites (tertiary alicyclic amines) is 1. The van der Waals surface area contributed by atoms with Crippen molar-refractivity contribution in [1.29, 1.82) is 5.26 Å². The van der Waals surface area contributed by atoms with Crippen LogP contribution in [0, 0.1) is 17.2 Å². The summed E-state index contributed by atoms with van der Waals surface area (Å²) in [5.41, 5.74) is 1.81. The second-order valence-corrected chi connectivity index (χ2v) is 5.45. The summed E-state index contributed by atoms with van der Waals surface area (Å²) in [6.45, 7) is 4.32. The van der Waals surface area contributed by atoms with Crippen LogP contribution >= 0.6 is 0 Å². The summed E-state index contributed by atoms with van der Waals surface area (Å²) < 4.78 is 5.27. The smallest absolute Gasteiger partial charge is 0.136 e. The molecule has 1 fully saturated rings. The molecule has 0 bridgehead atoms. The monoisotopic (exact) mass is 273 g/mol. The molecule has 1 aliphatic rings. The summed E-state index contributed by atoms with van der Waals surface area (Å²) in [7, 11) is 3.63. The first kappa shape index (κ1) is 14.8. The molecule has 0 radical (unpaired) electrons. The van der Waals surface area contributed by atoms with E-state index >= 15 is 0 Å². The first-order valence-electron chi connectivity index (χ1n) is 7.20. The quantitative estimate of drug-likeness (QED) is 0.891. The van der Waals surface area contributed by atoms with E-state index in [0.29, 0.717) is 11.3 Å². The number of hydrogen-bond donors (Lipinski definition) is 1. The summed E-state index contributed by atoms with van der Waals surface area (Å²) in [6, 6.07) is 8.02. The fraction of sp³-hybridized carbons (Fsp3) is 0.562. The van der Waals surface area contributed by atoms with Crippen molar-refractivity contribution in [2.24, 2.45) is 5.92 Å². The third-order valence-corrected chi connectivity index (χ3v) is 3.89. The van der Waals surface area contributed by atoms with Gasteiger partial charge in [-0.3, -0.25) is 4.90 Å². The third-order valence-electron chi connectivity index (χ3n) is 3.89. The molecule has 4 heteroatoms. The molecule has 0 aromatic heterocycles. The lowest BCUT2D eigenvalue weighted by molar-refractivity contribution is 0.166. The Morgan fingerprint density at radius 2 is 2.35 bits per heavy atom. The molecule has 1 heterocycles. The predicted molar refractivity (Wildman–Crippen MR) is 79.6 cm³/mol. The Hall–Kier alpha value is -1.57. The number of piperidine rings is 1. The van der Waals surface area contributed by atoms with Crippen molar-refractivity contribution in [1.82, 2.24) is 10.2 Å². The predicted octanol–water partition coefficient (Wildman–Crippen LogP) is 2.00. The SMILES string of the molecule is CNCC1CCCN(Cc2ccc(C#N)c(OC)c2)C1. The van der Waals surface area contributed by atoms with Crippen molar-refractivity contribution < 1.29 is 4.74 Å². The van der Waals surface area contributed by atoms with Gasteiger partial charge in [0.1, 0.15) is 11.8 Å². The molecule has 1 saturated heterocycles. The minimum absolute atomic E-state index is 0.600. The number of nitriles is 1. The average Bonchev–Trinajstić information content (AvgIpc) is 2.48. The molecule has 108 valence electrons. The molecular weight excluding hydrogens is 250 g/mol. The van der Waals surface area contributed by atoms with Crippen molar-refractivity contribution in [3.63, 3.8) is 0 Å². The lowest BCUT2D eigenvalue weighted by Gasteiger charge is -2.32. The third kappa shape index (κ3) is 3.72. The van der Waals surface area contributed by atoms with Crippen molar-refractivity contribution in [3.05, 3.63) is 29.3 Å². The second-order valence-electron chi connectivity index (χ2n) is 5.45. The molecule has 1 unspecified atom stereocenters. The Balaban J connectivity index is 2.01. The number of benzene rings is 1. The van der Waals surface area contributed by atoms with E-state index in [4.69, 9.17) is 10.00 Å². The van der Waals surface area contributed by atoms with Gasteiger partial charge in [0.15, 0.2) is 0 Å². The van der Waals surface area contributed by atoms with E-state index in [2.05, 4.69) is 16.3 Å². The molecule has 0 aliphatic carbocycles. The van der Waals surface area contributed by atoms with E-state index in [9.17, 15) is 0 Å². The first-order valence-corrected chi connectivity index (χ1v) is 7.20. The van der Waals surface area contributed by atoms with Gasteiger partial charge in [-0.1, -0.05) is 6.07 Å². The van der Waals surface area contributed by atoms with Crippen LogP contribution in [0.25, 0.3) is 0 Å². The van der Waals surface area contributed by atoms with E-state index in [1.54, 1.807) is 7.11 Å². The molecule has 1 N–H and O–H groups in total. The summed E-state index contributed by atoms with van der Waals surface area (Å²) >= 11 is 0. The Morgan fingerprint density at radius 3 is 3.05 bits per heavy atom. The van der Waals surface area contributed by atoms with E-state index in [0.717, 1.165) is 32.1 Å². The minimum Gasteiger partial charge on any atom is -0.495 e. The van der Waals surface area contributed by atoms with Crippen molar-refractivity contribution in [2.75, 3.05) is 33.8 Å². The normalized spacial score (nSPS) is 19.6. The Morgan fingerprint density at radius 1 is 1.50 bits per heavy atom. The summed E-state index contributed by atoms with van der Waals surface area (Å²) in [5, 5.41) is 12.3.